The summed E-state index contributed by atoms with van der Waals surface area (Å²) in [6.45, 7) is 1.89. The number of nitrogens with one attached hydrogen (secondary N) is 2. The molecule has 8 nitrogen and oxygen atoms in total. The first kappa shape index (κ1) is 15.9. The number of aromatic nitrogens is 1. The molecule has 3 amide bonds. The minimum absolute atomic E-state index is 0.330. The lowest BCUT2D eigenvalue weighted by atomic mass is 10.1. The molecule has 1 aliphatic heterocycles. The van der Waals surface area contributed by atoms with E-state index in [0.29, 0.717) is 37.7 Å². The molecule has 2 aromatic rings. The highest BCUT2D eigenvalue weighted by Gasteiger charge is 2.18. The van der Waals surface area contributed by atoms with Gasteiger partial charge in [0, 0.05) is 30.9 Å². The third kappa shape index (κ3) is 4.03. The Bertz CT molecular complexity index is 702. The van der Waals surface area contributed by atoms with Gasteiger partial charge in [-0.05, 0) is 18.6 Å². The largest absolute Gasteiger partial charge is 0.449 e. The van der Waals surface area contributed by atoms with Gasteiger partial charge in [0.15, 0.2) is 12.2 Å². The Labute approximate surface area is 138 Å². The van der Waals surface area contributed by atoms with Crippen molar-refractivity contribution in [2.45, 2.75) is 6.42 Å². The number of hydrogen-bond donors (Lipinski definition) is 2. The van der Waals surface area contributed by atoms with E-state index in [-0.39, 0.29) is 12.1 Å². The number of carbonyl (C=O) groups excluding carboxylic acids is 2. The van der Waals surface area contributed by atoms with E-state index < -0.39 is 0 Å². The summed E-state index contributed by atoms with van der Waals surface area (Å²) in [4.78, 5) is 28.9. The van der Waals surface area contributed by atoms with Gasteiger partial charge in [0.1, 0.15) is 0 Å². The van der Waals surface area contributed by atoms with Crippen LogP contribution in [0.25, 0.3) is 11.3 Å². The van der Waals surface area contributed by atoms with E-state index in [1.54, 1.807) is 23.2 Å². The number of rotatable bonds is 5. The molecule has 2 N–H and O–H groups in total. The number of oxazole rings is 1. The Balaban J connectivity index is 1.48. The highest BCUT2D eigenvalue weighted by molar-refractivity contribution is 5.90. The van der Waals surface area contributed by atoms with Crippen molar-refractivity contribution in [3.8, 4) is 11.3 Å². The van der Waals surface area contributed by atoms with E-state index in [0.717, 1.165) is 12.0 Å². The van der Waals surface area contributed by atoms with E-state index in [1.807, 2.05) is 12.1 Å². The number of cyclic esters (lactones) is 1. The molecule has 2 heterocycles. The first-order valence-corrected chi connectivity index (χ1v) is 7.68. The van der Waals surface area contributed by atoms with Crippen LogP contribution in [0, 0.1) is 0 Å². The highest BCUT2D eigenvalue weighted by Crippen LogP contribution is 2.21. The SMILES string of the molecule is O=C(NCCN1CCCOC1=O)Nc1cccc(-c2cnco2)c1. The quantitative estimate of drug-likeness (QED) is 0.877. The maximum atomic E-state index is 11.9. The second-order valence-electron chi connectivity index (χ2n) is 5.28. The Kier molecular flexibility index (Phi) is 4.95. The van der Waals surface area contributed by atoms with Gasteiger partial charge in [-0.15, -0.1) is 0 Å². The lowest BCUT2D eigenvalue weighted by molar-refractivity contribution is 0.0736. The summed E-state index contributed by atoms with van der Waals surface area (Å²) in [7, 11) is 0. The molecule has 0 spiro atoms. The van der Waals surface area contributed by atoms with Crippen molar-refractivity contribution >= 4 is 17.8 Å². The molecule has 1 aromatic carbocycles. The van der Waals surface area contributed by atoms with Gasteiger partial charge < -0.3 is 24.7 Å². The molecular formula is C16H18N4O4. The smallest absolute Gasteiger partial charge is 0.409 e. The molecule has 3 rings (SSSR count). The first-order chi connectivity index (χ1) is 11.7. The third-order valence-electron chi connectivity index (χ3n) is 3.56. The van der Waals surface area contributed by atoms with Crippen LogP contribution in [0.4, 0.5) is 15.3 Å². The van der Waals surface area contributed by atoms with Gasteiger partial charge in [-0.2, -0.15) is 0 Å². The summed E-state index contributed by atoms with van der Waals surface area (Å²) in [6.07, 6.45) is 3.44. The van der Waals surface area contributed by atoms with E-state index in [4.69, 9.17) is 9.15 Å². The number of urea groups is 1. The molecule has 24 heavy (non-hydrogen) atoms. The van der Waals surface area contributed by atoms with E-state index in [2.05, 4.69) is 15.6 Å². The van der Waals surface area contributed by atoms with Crippen LogP contribution in [0.15, 0.2) is 41.3 Å². The summed E-state index contributed by atoms with van der Waals surface area (Å²) in [5, 5.41) is 5.46. The number of anilines is 1. The van der Waals surface area contributed by atoms with Gasteiger partial charge in [-0.3, -0.25) is 0 Å². The molecule has 0 bridgehead atoms. The molecule has 1 saturated heterocycles. The zero-order valence-corrected chi connectivity index (χ0v) is 13.0. The van der Waals surface area contributed by atoms with Gasteiger partial charge >= 0.3 is 12.1 Å². The van der Waals surface area contributed by atoms with E-state index >= 15 is 0 Å². The standard InChI is InChI=1S/C16H18N4O4/c21-15(18-5-7-20-6-2-8-23-16(20)22)19-13-4-1-3-12(9-13)14-10-17-11-24-14/h1,3-4,9-11H,2,5-8H2,(H2,18,19,21). The Morgan fingerprint density at radius 1 is 1.38 bits per heavy atom. The number of hydrogen-bond acceptors (Lipinski definition) is 5. The van der Waals surface area contributed by atoms with Gasteiger partial charge in [0.2, 0.25) is 0 Å². The average molecular weight is 330 g/mol. The normalized spacial score (nSPS) is 14.2. The number of amides is 3. The number of benzene rings is 1. The van der Waals surface area contributed by atoms with Crippen molar-refractivity contribution < 1.29 is 18.7 Å². The monoisotopic (exact) mass is 330 g/mol. The molecular weight excluding hydrogens is 312 g/mol. The van der Waals surface area contributed by atoms with Crippen LogP contribution in [0.2, 0.25) is 0 Å². The second-order valence-corrected chi connectivity index (χ2v) is 5.28. The number of nitrogens with zero attached hydrogens (tertiary/aromatic N) is 2. The molecule has 126 valence electrons. The van der Waals surface area contributed by atoms with Crippen molar-refractivity contribution in [1.29, 1.82) is 0 Å². The van der Waals surface area contributed by atoms with Crippen LogP contribution in [0.1, 0.15) is 6.42 Å². The zero-order chi connectivity index (χ0) is 16.8. The predicted octanol–water partition coefficient (Wildman–Crippen LogP) is 2.31. The molecule has 8 heteroatoms. The number of carbonyl (C=O) groups is 2. The van der Waals surface area contributed by atoms with Crippen molar-refractivity contribution in [3.63, 3.8) is 0 Å². The average Bonchev–Trinajstić information content (AvgIpc) is 3.11. The fraction of sp³-hybridized carbons (Fsp3) is 0.312. The van der Waals surface area contributed by atoms with Crippen LogP contribution < -0.4 is 10.6 Å². The maximum Gasteiger partial charge on any atom is 0.409 e. The molecule has 0 aliphatic carbocycles. The van der Waals surface area contributed by atoms with Crippen molar-refractivity contribution in [3.05, 3.63) is 36.9 Å². The summed E-state index contributed by atoms with van der Waals surface area (Å²) in [5.74, 6) is 0.627. The van der Waals surface area contributed by atoms with Gasteiger partial charge in [-0.25, -0.2) is 14.6 Å². The molecule has 1 aliphatic rings. The van der Waals surface area contributed by atoms with Crippen LogP contribution >= 0.6 is 0 Å². The van der Waals surface area contributed by atoms with Crippen molar-refractivity contribution in [2.24, 2.45) is 0 Å². The minimum Gasteiger partial charge on any atom is -0.449 e. The molecule has 1 fully saturated rings. The molecule has 0 atom stereocenters. The van der Waals surface area contributed by atoms with Crippen LogP contribution in [0.5, 0.6) is 0 Å². The van der Waals surface area contributed by atoms with Gasteiger partial charge in [-0.1, -0.05) is 12.1 Å². The lowest BCUT2D eigenvalue weighted by Crippen LogP contribution is -2.43. The summed E-state index contributed by atoms with van der Waals surface area (Å²) >= 11 is 0. The van der Waals surface area contributed by atoms with E-state index in [1.165, 1.54) is 6.39 Å². The minimum atomic E-state index is -0.338. The number of ether oxygens (including phenoxy) is 1. The second kappa shape index (κ2) is 7.49. The van der Waals surface area contributed by atoms with Crippen LogP contribution in [0.3, 0.4) is 0 Å². The lowest BCUT2D eigenvalue weighted by Gasteiger charge is -2.26. The topological polar surface area (TPSA) is 96.7 Å². The zero-order valence-electron chi connectivity index (χ0n) is 13.0. The molecule has 0 saturated carbocycles. The highest BCUT2D eigenvalue weighted by atomic mass is 16.6. The first-order valence-electron chi connectivity index (χ1n) is 7.68. The van der Waals surface area contributed by atoms with Crippen LogP contribution in [-0.4, -0.2) is 48.2 Å². The summed E-state index contributed by atoms with van der Waals surface area (Å²) in [6, 6.07) is 6.92. The molecule has 0 radical (unpaired) electrons. The van der Waals surface area contributed by atoms with E-state index in [9.17, 15) is 9.59 Å². The predicted molar refractivity (Wildman–Crippen MR) is 86.5 cm³/mol. The summed E-state index contributed by atoms with van der Waals surface area (Å²) in [5.41, 5.74) is 1.46. The van der Waals surface area contributed by atoms with Crippen LogP contribution in [-0.2, 0) is 4.74 Å². The fourth-order valence-electron chi connectivity index (χ4n) is 2.39. The fourth-order valence-corrected chi connectivity index (χ4v) is 2.39. The Hall–Kier alpha value is -3.03. The van der Waals surface area contributed by atoms with Gasteiger partial charge in [0.05, 0.1) is 12.8 Å². The maximum absolute atomic E-state index is 11.9. The van der Waals surface area contributed by atoms with Crippen molar-refractivity contribution in [1.82, 2.24) is 15.2 Å². The Morgan fingerprint density at radius 3 is 3.08 bits per heavy atom. The van der Waals surface area contributed by atoms with Gasteiger partial charge in [0.25, 0.3) is 0 Å². The molecule has 1 aromatic heterocycles. The Morgan fingerprint density at radius 2 is 2.29 bits per heavy atom. The van der Waals surface area contributed by atoms with Crippen molar-refractivity contribution in [2.75, 3.05) is 31.6 Å². The third-order valence-corrected chi connectivity index (χ3v) is 3.56. The summed E-state index contributed by atoms with van der Waals surface area (Å²) < 4.78 is 10.2. The molecule has 0 unspecified atom stereocenters.